The molecular weight excluding hydrogens is 374 g/mol. The smallest absolute Gasteiger partial charge is 0.339 e. The molecule has 0 saturated carbocycles. The van der Waals surface area contributed by atoms with Crippen molar-refractivity contribution in [3.05, 3.63) is 57.2 Å². The average molecular weight is 391 g/mol. The van der Waals surface area contributed by atoms with Crippen LogP contribution in [-0.4, -0.2) is 28.3 Å². The van der Waals surface area contributed by atoms with E-state index in [0.29, 0.717) is 10.6 Å². The number of nitriles is 1. The fraction of sp³-hybridized carbons (Fsp3) is 0.286. The molecule has 140 valence electrons. The van der Waals surface area contributed by atoms with Crippen LogP contribution in [0.2, 0.25) is 0 Å². The molecule has 0 amide bonds. The third kappa shape index (κ3) is 3.27. The van der Waals surface area contributed by atoms with Gasteiger partial charge in [-0.3, -0.25) is 9.78 Å². The summed E-state index contributed by atoms with van der Waals surface area (Å²) in [6.07, 6.45) is 2.54. The van der Waals surface area contributed by atoms with Crippen LogP contribution in [0.15, 0.2) is 29.6 Å². The van der Waals surface area contributed by atoms with Crippen LogP contribution in [0, 0.1) is 18.3 Å². The van der Waals surface area contributed by atoms with Crippen molar-refractivity contribution < 1.29 is 14.3 Å². The maximum absolute atomic E-state index is 12.9. The maximum Gasteiger partial charge on any atom is 0.339 e. The number of aryl methyl sites for hydroxylation is 2. The van der Waals surface area contributed by atoms with Crippen molar-refractivity contribution in [1.29, 1.82) is 5.26 Å². The molecule has 1 atom stereocenters. The van der Waals surface area contributed by atoms with E-state index in [1.54, 1.807) is 12.3 Å². The highest BCUT2D eigenvalue weighted by molar-refractivity contribution is 7.09. The van der Waals surface area contributed by atoms with E-state index in [1.165, 1.54) is 11.3 Å². The Morgan fingerprint density at radius 1 is 1.29 bits per heavy atom. The number of ketones is 1. The minimum atomic E-state index is -1.02. The van der Waals surface area contributed by atoms with E-state index in [9.17, 15) is 14.9 Å². The van der Waals surface area contributed by atoms with E-state index in [2.05, 4.69) is 9.97 Å². The van der Waals surface area contributed by atoms with Gasteiger partial charge in [-0.25, -0.2) is 9.78 Å². The van der Waals surface area contributed by atoms with Crippen molar-refractivity contribution in [3.8, 4) is 6.07 Å². The lowest BCUT2D eigenvalue weighted by molar-refractivity contribution is -0.122. The minimum Gasteiger partial charge on any atom is -0.454 e. The van der Waals surface area contributed by atoms with Gasteiger partial charge in [-0.1, -0.05) is 18.2 Å². The molecule has 28 heavy (non-hydrogen) atoms. The van der Waals surface area contributed by atoms with Gasteiger partial charge in [0.15, 0.2) is 18.3 Å². The van der Waals surface area contributed by atoms with Crippen LogP contribution < -0.4 is 0 Å². The number of aromatic nitrogens is 2. The summed E-state index contributed by atoms with van der Waals surface area (Å²) >= 11 is 1.26. The SMILES string of the molecule is Cc1csc([C@@H](C#N)C(=O)COC(=O)c2c3c(nc4ccccc24)CCC3)n1. The third-order valence-corrected chi connectivity index (χ3v) is 5.83. The highest BCUT2D eigenvalue weighted by atomic mass is 32.1. The molecule has 7 heteroatoms. The quantitative estimate of drug-likeness (QED) is 0.618. The van der Waals surface area contributed by atoms with Crippen LogP contribution in [0.1, 0.15) is 44.7 Å². The molecule has 1 aromatic carbocycles. The highest BCUT2D eigenvalue weighted by Gasteiger charge is 2.28. The van der Waals surface area contributed by atoms with Crippen molar-refractivity contribution in [2.75, 3.05) is 6.61 Å². The van der Waals surface area contributed by atoms with Crippen molar-refractivity contribution in [2.45, 2.75) is 32.1 Å². The van der Waals surface area contributed by atoms with Crippen LogP contribution in [0.25, 0.3) is 10.9 Å². The number of hydrogen-bond acceptors (Lipinski definition) is 7. The van der Waals surface area contributed by atoms with Crippen LogP contribution in [0.4, 0.5) is 0 Å². The average Bonchev–Trinajstić information content (AvgIpc) is 3.33. The number of ether oxygens (including phenoxy) is 1. The number of rotatable bonds is 5. The number of Topliss-reactive ketones (excluding diaryl/α,β-unsaturated/α-hetero) is 1. The number of fused-ring (bicyclic) bond motifs is 2. The summed E-state index contributed by atoms with van der Waals surface area (Å²) in [6.45, 7) is 1.34. The number of thiazole rings is 1. The Labute approximate surface area is 165 Å². The molecule has 0 N–H and O–H groups in total. The summed E-state index contributed by atoms with van der Waals surface area (Å²) < 4.78 is 5.34. The summed E-state index contributed by atoms with van der Waals surface area (Å²) in [7, 11) is 0. The van der Waals surface area contributed by atoms with Gasteiger partial charge < -0.3 is 4.74 Å². The van der Waals surface area contributed by atoms with Gasteiger partial charge in [-0.05, 0) is 37.8 Å². The van der Waals surface area contributed by atoms with Crippen LogP contribution in [0.3, 0.4) is 0 Å². The number of hydrogen-bond donors (Lipinski definition) is 0. The lowest BCUT2D eigenvalue weighted by Gasteiger charge is -2.12. The van der Waals surface area contributed by atoms with E-state index in [-0.39, 0.29) is 0 Å². The van der Waals surface area contributed by atoms with Gasteiger partial charge in [0.2, 0.25) is 0 Å². The molecule has 1 aliphatic carbocycles. The third-order valence-electron chi connectivity index (χ3n) is 4.80. The Morgan fingerprint density at radius 3 is 2.86 bits per heavy atom. The normalized spacial score (nSPS) is 13.7. The molecule has 1 aliphatic rings. The lowest BCUT2D eigenvalue weighted by Crippen LogP contribution is -2.21. The van der Waals surface area contributed by atoms with E-state index < -0.39 is 24.3 Å². The predicted molar refractivity (Wildman–Crippen MR) is 104 cm³/mol. The molecule has 0 unspecified atom stereocenters. The van der Waals surface area contributed by atoms with Gasteiger partial charge in [0, 0.05) is 22.2 Å². The topological polar surface area (TPSA) is 92.9 Å². The fourth-order valence-electron chi connectivity index (χ4n) is 3.51. The summed E-state index contributed by atoms with van der Waals surface area (Å²) in [4.78, 5) is 34.2. The predicted octanol–water partition coefficient (Wildman–Crippen LogP) is 3.52. The zero-order valence-electron chi connectivity index (χ0n) is 15.3. The standard InChI is InChI=1S/C21H17N3O3S/c1-12-11-28-20(23-12)15(9-22)18(25)10-27-21(26)19-13-5-2-3-7-16(13)24-17-8-4-6-14(17)19/h2-3,5,7,11,15H,4,6,8,10H2,1H3/t15-/m0/s1. The number of carbonyl (C=O) groups is 2. The van der Waals surface area contributed by atoms with Crippen LogP contribution in [-0.2, 0) is 22.4 Å². The molecule has 3 aromatic rings. The van der Waals surface area contributed by atoms with Crippen LogP contribution >= 0.6 is 11.3 Å². The van der Waals surface area contributed by atoms with Crippen LogP contribution in [0.5, 0.6) is 0 Å². The van der Waals surface area contributed by atoms with E-state index in [0.717, 1.165) is 47.1 Å². The number of esters is 1. The molecule has 2 heterocycles. The van der Waals surface area contributed by atoms with Gasteiger partial charge in [0.05, 0.1) is 17.1 Å². The van der Waals surface area contributed by atoms with E-state index in [4.69, 9.17) is 4.74 Å². The van der Waals surface area contributed by atoms with Crippen molar-refractivity contribution in [2.24, 2.45) is 0 Å². The van der Waals surface area contributed by atoms with E-state index >= 15 is 0 Å². The molecular formula is C21H17N3O3S. The second-order valence-electron chi connectivity index (χ2n) is 6.71. The zero-order valence-corrected chi connectivity index (χ0v) is 16.1. The number of benzene rings is 1. The second kappa shape index (κ2) is 7.49. The largest absolute Gasteiger partial charge is 0.454 e. The van der Waals surface area contributed by atoms with Gasteiger partial charge in [-0.15, -0.1) is 11.3 Å². The van der Waals surface area contributed by atoms with Gasteiger partial charge in [0.25, 0.3) is 0 Å². The fourth-order valence-corrected chi connectivity index (χ4v) is 4.37. The first kappa shape index (κ1) is 18.3. The Morgan fingerprint density at radius 2 is 2.11 bits per heavy atom. The van der Waals surface area contributed by atoms with Crippen molar-refractivity contribution in [1.82, 2.24) is 9.97 Å². The minimum absolute atomic E-state index is 0.427. The van der Waals surface area contributed by atoms with Gasteiger partial charge in [-0.2, -0.15) is 5.26 Å². The lowest BCUT2D eigenvalue weighted by atomic mass is 10.0. The first-order chi connectivity index (χ1) is 13.6. The summed E-state index contributed by atoms with van der Waals surface area (Å²) in [5, 5.41) is 12.3. The van der Waals surface area contributed by atoms with Gasteiger partial charge >= 0.3 is 5.97 Å². The highest BCUT2D eigenvalue weighted by Crippen LogP contribution is 2.30. The maximum atomic E-state index is 12.9. The summed E-state index contributed by atoms with van der Waals surface area (Å²) in [6, 6.07) is 9.40. The molecule has 2 aromatic heterocycles. The summed E-state index contributed by atoms with van der Waals surface area (Å²) in [5.74, 6) is -2.04. The molecule has 0 aliphatic heterocycles. The number of para-hydroxylation sites is 1. The molecule has 0 fully saturated rings. The monoisotopic (exact) mass is 391 g/mol. The molecule has 0 spiro atoms. The van der Waals surface area contributed by atoms with E-state index in [1.807, 2.05) is 30.3 Å². The molecule has 0 radical (unpaired) electrons. The molecule has 0 bridgehead atoms. The first-order valence-electron chi connectivity index (χ1n) is 9.00. The van der Waals surface area contributed by atoms with Crippen molar-refractivity contribution in [3.63, 3.8) is 0 Å². The Bertz CT molecular complexity index is 1130. The number of pyridine rings is 1. The Balaban J connectivity index is 1.58. The van der Waals surface area contributed by atoms with Crippen molar-refractivity contribution >= 4 is 34.0 Å². The first-order valence-corrected chi connectivity index (χ1v) is 9.88. The Kier molecular flexibility index (Phi) is 4.88. The second-order valence-corrected chi connectivity index (χ2v) is 7.60. The zero-order chi connectivity index (χ0) is 19.7. The number of nitrogens with zero attached hydrogens (tertiary/aromatic N) is 3. The molecule has 4 rings (SSSR count). The summed E-state index contributed by atoms with van der Waals surface area (Å²) in [5.41, 5.74) is 3.82. The molecule has 6 nitrogen and oxygen atoms in total. The number of carbonyl (C=O) groups excluding carboxylic acids is 2. The Hall–Kier alpha value is -3.11. The van der Waals surface area contributed by atoms with Gasteiger partial charge in [0.1, 0.15) is 5.01 Å². The molecule has 0 saturated heterocycles.